The third-order valence-electron chi connectivity index (χ3n) is 5.19. The highest BCUT2D eigenvalue weighted by atomic mass is 79.9. The number of unbranched alkanes of at least 4 members (excludes halogenated alkanes) is 11. The van der Waals surface area contributed by atoms with Crippen LogP contribution in [0.3, 0.4) is 0 Å². The van der Waals surface area contributed by atoms with Gasteiger partial charge in [0.2, 0.25) is 0 Å². The number of rotatable bonds is 15. The first-order chi connectivity index (χ1) is 11.8. The lowest BCUT2D eigenvalue weighted by atomic mass is 9.94. The topological polar surface area (TPSA) is 0 Å². The zero-order valence-electron chi connectivity index (χ0n) is 16.2. The second-order valence-corrected chi connectivity index (χ2v) is 8.01. The van der Waals surface area contributed by atoms with Gasteiger partial charge >= 0.3 is 0 Å². The van der Waals surface area contributed by atoms with Gasteiger partial charge in [0, 0.05) is 5.33 Å². The molecule has 0 fully saturated rings. The summed E-state index contributed by atoms with van der Waals surface area (Å²) in [6.07, 6.45) is 18.6. The van der Waals surface area contributed by atoms with Crippen LogP contribution in [0.25, 0.3) is 0 Å². The second kappa shape index (κ2) is 15.0. The Bertz CT molecular complexity index is 382. The van der Waals surface area contributed by atoms with E-state index in [1.54, 1.807) is 0 Å². The van der Waals surface area contributed by atoms with Crippen LogP contribution in [0, 0.1) is 0 Å². The molecule has 0 aliphatic rings. The summed E-state index contributed by atoms with van der Waals surface area (Å²) in [6.45, 7) is 4.67. The molecule has 138 valence electrons. The first-order valence-electron chi connectivity index (χ1n) is 10.4. The predicted molar refractivity (Wildman–Crippen MR) is 113 cm³/mol. The molecule has 1 atom stereocenters. The van der Waals surface area contributed by atoms with E-state index in [4.69, 9.17) is 0 Å². The van der Waals surface area contributed by atoms with E-state index in [2.05, 4.69) is 54.0 Å². The number of benzene rings is 1. The Labute approximate surface area is 160 Å². The third kappa shape index (κ3) is 10.5. The molecule has 0 bridgehead atoms. The highest BCUT2D eigenvalue weighted by Crippen LogP contribution is 2.23. The molecule has 0 aliphatic carbocycles. The summed E-state index contributed by atoms with van der Waals surface area (Å²) in [5.74, 6) is 0.706. The SMILES string of the molecule is CCCCCCCCCCCCCCC(C)c1ccc(CBr)cc1. The average molecular weight is 395 g/mol. The summed E-state index contributed by atoms with van der Waals surface area (Å²) in [4.78, 5) is 0. The zero-order chi connectivity index (χ0) is 17.5. The molecule has 24 heavy (non-hydrogen) atoms. The predicted octanol–water partition coefficient (Wildman–Crippen LogP) is 8.78. The van der Waals surface area contributed by atoms with Crippen molar-refractivity contribution in [3.8, 4) is 0 Å². The summed E-state index contributed by atoms with van der Waals surface area (Å²) < 4.78 is 0. The molecule has 1 aromatic rings. The van der Waals surface area contributed by atoms with Gasteiger partial charge < -0.3 is 0 Å². The van der Waals surface area contributed by atoms with Gasteiger partial charge in [-0.25, -0.2) is 0 Å². The molecule has 1 heteroatoms. The molecule has 0 aliphatic heterocycles. The summed E-state index contributed by atoms with van der Waals surface area (Å²) in [5, 5.41) is 0.959. The van der Waals surface area contributed by atoms with Crippen molar-refractivity contribution >= 4 is 15.9 Å². The van der Waals surface area contributed by atoms with E-state index < -0.39 is 0 Å². The Morgan fingerprint density at radius 3 is 1.62 bits per heavy atom. The van der Waals surface area contributed by atoms with Gasteiger partial charge in [-0.05, 0) is 23.5 Å². The Hall–Kier alpha value is -0.300. The second-order valence-electron chi connectivity index (χ2n) is 7.45. The lowest BCUT2D eigenvalue weighted by Gasteiger charge is -2.12. The van der Waals surface area contributed by atoms with Crippen molar-refractivity contribution in [1.82, 2.24) is 0 Å². The standard InChI is InChI=1S/C23H39Br/c1-3-4-5-6-7-8-9-10-11-12-13-14-15-21(2)23-18-16-22(20-24)17-19-23/h16-19,21H,3-15,20H2,1-2H3. The van der Waals surface area contributed by atoms with Crippen LogP contribution >= 0.6 is 15.9 Å². The maximum atomic E-state index is 3.51. The van der Waals surface area contributed by atoms with Gasteiger partial charge in [0.1, 0.15) is 0 Å². The number of hydrogen-bond acceptors (Lipinski definition) is 0. The van der Waals surface area contributed by atoms with Gasteiger partial charge in [0.05, 0.1) is 0 Å². The van der Waals surface area contributed by atoms with E-state index >= 15 is 0 Å². The molecule has 0 spiro atoms. The molecule has 0 nitrogen and oxygen atoms in total. The molecule has 0 saturated heterocycles. The molecule has 0 aromatic heterocycles. The van der Waals surface area contributed by atoms with E-state index in [-0.39, 0.29) is 0 Å². The van der Waals surface area contributed by atoms with Gasteiger partial charge in [-0.2, -0.15) is 0 Å². The van der Waals surface area contributed by atoms with E-state index in [1.807, 2.05) is 0 Å². The van der Waals surface area contributed by atoms with Crippen molar-refractivity contribution in [3.63, 3.8) is 0 Å². The van der Waals surface area contributed by atoms with E-state index in [0.717, 1.165) is 5.33 Å². The van der Waals surface area contributed by atoms with Gasteiger partial charge in [0.15, 0.2) is 0 Å². The molecule has 0 N–H and O–H groups in total. The highest BCUT2D eigenvalue weighted by molar-refractivity contribution is 9.08. The van der Waals surface area contributed by atoms with Crippen LogP contribution in [0.4, 0.5) is 0 Å². The van der Waals surface area contributed by atoms with E-state index in [9.17, 15) is 0 Å². The molecule has 0 radical (unpaired) electrons. The fourth-order valence-corrected chi connectivity index (χ4v) is 3.77. The summed E-state index contributed by atoms with van der Waals surface area (Å²) >= 11 is 3.51. The largest absolute Gasteiger partial charge is 0.0876 e. The van der Waals surface area contributed by atoms with Gasteiger partial charge in [-0.3, -0.25) is 0 Å². The Balaban J connectivity index is 1.92. The van der Waals surface area contributed by atoms with Gasteiger partial charge in [-0.1, -0.05) is 131 Å². The monoisotopic (exact) mass is 394 g/mol. The fourth-order valence-electron chi connectivity index (χ4n) is 3.39. The number of hydrogen-bond donors (Lipinski definition) is 0. The Morgan fingerprint density at radius 1 is 0.708 bits per heavy atom. The molecule has 0 amide bonds. The van der Waals surface area contributed by atoms with Crippen LogP contribution in [0.5, 0.6) is 0 Å². The third-order valence-corrected chi connectivity index (χ3v) is 5.84. The molecular weight excluding hydrogens is 356 g/mol. The quantitative estimate of drug-likeness (QED) is 0.206. The fraction of sp³-hybridized carbons (Fsp3) is 0.739. The Kier molecular flexibility index (Phi) is 13.6. The van der Waals surface area contributed by atoms with Crippen molar-refractivity contribution in [2.24, 2.45) is 0 Å². The average Bonchev–Trinajstić information content (AvgIpc) is 2.62. The van der Waals surface area contributed by atoms with Crippen molar-refractivity contribution in [2.45, 2.75) is 109 Å². The van der Waals surface area contributed by atoms with Crippen molar-refractivity contribution in [2.75, 3.05) is 0 Å². The van der Waals surface area contributed by atoms with E-state index in [0.29, 0.717) is 5.92 Å². The molecule has 1 rings (SSSR count). The first-order valence-corrected chi connectivity index (χ1v) is 11.5. The first kappa shape index (κ1) is 21.7. The van der Waals surface area contributed by atoms with Crippen LogP contribution in [0.2, 0.25) is 0 Å². The van der Waals surface area contributed by atoms with Crippen LogP contribution < -0.4 is 0 Å². The molecular formula is C23H39Br. The number of halogens is 1. The minimum Gasteiger partial charge on any atom is -0.0876 e. The van der Waals surface area contributed by atoms with Crippen molar-refractivity contribution in [1.29, 1.82) is 0 Å². The molecule has 0 heterocycles. The zero-order valence-corrected chi connectivity index (χ0v) is 17.8. The van der Waals surface area contributed by atoms with Crippen LogP contribution in [0.15, 0.2) is 24.3 Å². The maximum absolute atomic E-state index is 3.51. The highest BCUT2D eigenvalue weighted by Gasteiger charge is 2.05. The molecule has 0 saturated carbocycles. The van der Waals surface area contributed by atoms with Gasteiger partial charge in [-0.15, -0.1) is 0 Å². The smallest absolute Gasteiger partial charge is 0.0283 e. The summed E-state index contributed by atoms with van der Waals surface area (Å²) in [6, 6.07) is 9.12. The van der Waals surface area contributed by atoms with Crippen LogP contribution in [0.1, 0.15) is 114 Å². The summed E-state index contributed by atoms with van der Waals surface area (Å²) in [5.41, 5.74) is 2.87. The molecule has 1 unspecified atom stereocenters. The lowest BCUT2D eigenvalue weighted by molar-refractivity contribution is 0.528. The van der Waals surface area contributed by atoms with Crippen molar-refractivity contribution < 1.29 is 0 Å². The van der Waals surface area contributed by atoms with Crippen LogP contribution in [-0.2, 0) is 5.33 Å². The van der Waals surface area contributed by atoms with Crippen LogP contribution in [-0.4, -0.2) is 0 Å². The van der Waals surface area contributed by atoms with Crippen molar-refractivity contribution in [3.05, 3.63) is 35.4 Å². The minimum atomic E-state index is 0.706. The summed E-state index contributed by atoms with van der Waals surface area (Å²) in [7, 11) is 0. The molecule has 1 aromatic carbocycles. The normalized spacial score (nSPS) is 12.5. The van der Waals surface area contributed by atoms with Gasteiger partial charge in [0.25, 0.3) is 0 Å². The number of alkyl halides is 1. The Morgan fingerprint density at radius 2 is 1.17 bits per heavy atom. The van der Waals surface area contributed by atoms with E-state index in [1.165, 1.54) is 94.6 Å². The lowest BCUT2D eigenvalue weighted by Crippen LogP contribution is -1.94. The minimum absolute atomic E-state index is 0.706. The maximum Gasteiger partial charge on any atom is 0.0283 e.